The van der Waals surface area contributed by atoms with Gasteiger partial charge >= 0.3 is 0 Å². The molecule has 0 spiro atoms. The van der Waals surface area contributed by atoms with Gasteiger partial charge in [-0.2, -0.15) is 0 Å². The first-order valence-electron chi connectivity index (χ1n) is 8.32. The van der Waals surface area contributed by atoms with Crippen molar-refractivity contribution in [3.05, 3.63) is 0 Å². The molecule has 0 heterocycles. The SMILES string of the molecule is CCCC(O)CN(C)CCN(C)CC[N+](C)(C)CCNC. The second kappa shape index (κ2) is 11.4. The van der Waals surface area contributed by atoms with Gasteiger partial charge in [-0.1, -0.05) is 13.3 Å². The number of rotatable bonds is 13. The lowest BCUT2D eigenvalue weighted by Gasteiger charge is -2.32. The molecule has 5 nitrogen and oxygen atoms in total. The van der Waals surface area contributed by atoms with Crippen LogP contribution in [-0.4, -0.2) is 107 Å². The summed E-state index contributed by atoms with van der Waals surface area (Å²) in [6.07, 6.45) is 1.77. The molecular formula is C16H39N4O+. The van der Waals surface area contributed by atoms with Gasteiger partial charge in [-0.25, -0.2) is 0 Å². The molecule has 0 aromatic carbocycles. The van der Waals surface area contributed by atoms with Crippen LogP contribution in [0.3, 0.4) is 0 Å². The molecule has 0 saturated heterocycles. The Bertz CT molecular complexity index is 248. The van der Waals surface area contributed by atoms with Gasteiger partial charge in [-0.3, -0.25) is 4.90 Å². The third-order valence-electron chi connectivity index (χ3n) is 4.06. The van der Waals surface area contributed by atoms with Crippen LogP contribution in [0.15, 0.2) is 0 Å². The molecule has 0 saturated carbocycles. The second-order valence-electron chi connectivity index (χ2n) is 6.99. The van der Waals surface area contributed by atoms with Crippen molar-refractivity contribution in [2.45, 2.75) is 25.9 Å². The van der Waals surface area contributed by atoms with Crippen molar-refractivity contribution in [3.8, 4) is 0 Å². The normalized spacial score (nSPS) is 14.1. The summed E-state index contributed by atoms with van der Waals surface area (Å²) < 4.78 is 1.05. The second-order valence-corrected chi connectivity index (χ2v) is 6.99. The summed E-state index contributed by atoms with van der Waals surface area (Å²) in [5, 5.41) is 13.0. The highest BCUT2D eigenvalue weighted by Gasteiger charge is 2.15. The fourth-order valence-electron chi connectivity index (χ4n) is 2.30. The molecular weight excluding hydrogens is 264 g/mol. The van der Waals surface area contributed by atoms with E-state index in [4.69, 9.17) is 0 Å². The Kier molecular flexibility index (Phi) is 11.3. The van der Waals surface area contributed by atoms with E-state index in [0.717, 1.165) is 56.6 Å². The lowest BCUT2D eigenvalue weighted by atomic mass is 10.2. The van der Waals surface area contributed by atoms with Crippen molar-refractivity contribution in [3.63, 3.8) is 0 Å². The molecule has 1 unspecified atom stereocenters. The van der Waals surface area contributed by atoms with Crippen LogP contribution in [0.2, 0.25) is 0 Å². The molecule has 0 fully saturated rings. The van der Waals surface area contributed by atoms with Gasteiger partial charge in [0.1, 0.15) is 0 Å². The smallest absolute Gasteiger partial charge is 0.0912 e. The van der Waals surface area contributed by atoms with Crippen molar-refractivity contribution in [1.82, 2.24) is 15.1 Å². The van der Waals surface area contributed by atoms with E-state index in [9.17, 15) is 5.11 Å². The Labute approximate surface area is 132 Å². The van der Waals surface area contributed by atoms with Crippen LogP contribution < -0.4 is 5.32 Å². The largest absolute Gasteiger partial charge is 0.392 e. The highest BCUT2D eigenvalue weighted by atomic mass is 16.3. The summed E-state index contributed by atoms with van der Waals surface area (Å²) in [5.74, 6) is 0. The van der Waals surface area contributed by atoms with E-state index in [-0.39, 0.29) is 6.10 Å². The Morgan fingerprint density at radius 2 is 1.67 bits per heavy atom. The van der Waals surface area contributed by atoms with Crippen molar-refractivity contribution in [2.75, 3.05) is 81.1 Å². The average molecular weight is 304 g/mol. The van der Waals surface area contributed by atoms with Crippen molar-refractivity contribution >= 4 is 0 Å². The summed E-state index contributed by atoms with van der Waals surface area (Å²) in [5.41, 5.74) is 0. The predicted molar refractivity (Wildman–Crippen MR) is 91.7 cm³/mol. The molecule has 5 heteroatoms. The predicted octanol–water partition coefficient (Wildman–Crippen LogP) is 0.307. The first-order valence-corrected chi connectivity index (χ1v) is 8.32. The van der Waals surface area contributed by atoms with Gasteiger partial charge in [-0.05, 0) is 27.6 Å². The highest BCUT2D eigenvalue weighted by molar-refractivity contribution is 4.63. The van der Waals surface area contributed by atoms with E-state index < -0.39 is 0 Å². The highest BCUT2D eigenvalue weighted by Crippen LogP contribution is 2.00. The van der Waals surface area contributed by atoms with Gasteiger partial charge in [0, 0.05) is 32.7 Å². The Morgan fingerprint density at radius 1 is 1.05 bits per heavy atom. The van der Waals surface area contributed by atoms with Crippen LogP contribution in [0.5, 0.6) is 0 Å². The summed E-state index contributed by atoms with van der Waals surface area (Å²) >= 11 is 0. The van der Waals surface area contributed by atoms with Gasteiger partial charge in [-0.15, -0.1) is 0 Å². The first-order chi connectivity index (χ1) is 9.80. The molecule has 0 aliphatic rings. The van der Waals surface area contributed by atoms with E-state index in [2.05, 4.69) is 50.2 Å². The van der Waals surface area contributed by atoms with Crippen LogP contribution in [0, 0.1) is 0 Å². The fraction of sp³-hybridized carbons (Fsp3) is 1.00. The van der Waals surface area contributed by atoms with Crippen molar-refractivity contribution in [2.24, 2.45) is 0 Å². The number of nitrogens with one attached hydrogen (secondary N) is 1. The fourth-order valence-corrected chi connectivity index (χ4v) is 2.30. The van der Waals surface area contributed by atoms with Crippen LogP contribution >= 0.6 is 0 Å². The molecule has 1 atom stereocenters. The van der Waals surface area contributed by atoms with Crippen LogP contribution in [-0.2, 0) is 0 Å². The van der Waals surface area contributed by atoms with Crippen LogP contribution in [0.4, 0.5) is 0 Å². The molecule has 0 aromatic heterocycles. The molecule has 2 N–H and O–H groups in total. The van der Waals surface area contributed by atoms with Crippen LogP contribution in [0.25, 0.3) is 0 Å². The zero-order valence-corrected chi connectivity index (χ0v) is 15.2. The van der Waals surface area contributed by atoms with Crippen molar-refractivity contribution < 1.29 is 9.59 Å². The van der Waals surface area contributed by atoms with E-state index in [0.29, 0.717) is 0 Å². The number of hydrogen-bond donors (Lipinski definition) is 2. The minimum absolute atomic E-state index is 0.178. The Hall–Kier alpha value is -0.200. The quantitative estimate of drug-likeness (QED) is 0.480. The zero-order valence-electron chi connectivity index (χ0n) is 15.2. The monoisotopic (exact) mass is 303 g/mol. The molecule has 0 radical (unpaired) electrons. The third-order valence-corrected chi connectivity index (χ3v) is 4.06. The summed E-state index contributed by atoms with van der Waals surface area (Å²) in [4.78, 5) is 4.62. The van der Waals surface area contributed by atoms with Gasteiger partial charge in [0.15, 0.2) is 0 Å². The number of aliphatic hydroxyl groups excluding tert-OH is 1. The van der Waals surface area contributed by atoms with Crippen molar-refractivity contribution in [1.29, 1.82) is 0 Å². The lowest BCUT2D eigenvalue weighted by Crippen LogP contribution is -2.48. The first kappa shape index (κ1) is 20.8. The van der Waals surface area contributed by atoms with E-state index in [1.807, 2.05) is 7.05 Å². The summed E-state index contributed by atoms with van der Waals surface area (Å²) in [6.45, 7) is 9.48. The maximum absolute atomic E-state index is 9.81. The lowest BCUT2D eigenvalue weighted by molar-refractivity contribution is -0.888. The molecule has 0 bridgehead atoms. The van der Waals surface area contributed by atoms with E-state index in [1.165, 1.54) is 6.54 Å². The Balaban J connectivity index is 3.81. The van der Waals surface area contributed by atoms with Gasteiger partial charge in [0.05, 0.1) is 33.3 Å². The molecule has 0 aliphatic carbocycles. The maximum Gasteiger partial charge on any atom is 0.0912 e. The minimum Gasteiger partial charge on any atom is -0.392 e. The topological polar surface area (TPSA) is 38.7 Å². The van der Waals surface area contributed by atoms with Gasteiger partial charge in [0.25, 0.3) is 0 Å². The van der Waals surface area contributed by atoms with E-state index >= 15 is 0 Å². The third kappa shape index (κ3) is 12.1. The molecule has 128 valence electrons. The van der Waals surface area contributed by atoms with E-state index in [1.54, 1.807) is 0 Å². The maximum atomic E-state index is 9.81. The number of aliphatic hydroxyl groups is 1. The molecule has 0 aromatic rings. The zero-order chi connectivity index (χ0) is 16.3. The van der Waals surface area contributed by atoms with Crippen LogP contribution in [0.1, 0.15) is 19.8 Å². The minimum atomic E-state index is -0.178. The molecule has 0 rings (SSSR count). The molecule has 0 amide bonds. The Morgan fingerprint density at radius 3 is 2.24 bits per heavy atom. The number of hydrogen-bond acceptors (Lipinski definition) is 4. The number of nitrogens with zero attached hydrogens (tertiary/aromatic N) is 3. The van der Waals surface area contributed by atoms with Gasteiger partial charge < -0.3 is 19.8 Å². The summed E-state index contributed by atoms with van der Waals surface area (Å²) in [7, 11) is 10.9. The number of quaternary nitrogens is 1. The standard InChI is InChI=1S/C16H39N4O/c1-7-8-16(21)15-19(4)11-10-18(3)12-14-20(5,6)13-9-17-2/h16-17,21H,7-15H2,1-6H3/q+1. The average Bonchev–Trinajstić information content (AvgIpc) is 2.41. The van der Waals surface area contributed by atoms with Gasteiger partial charge in [0.2, 0.25) is 0 Å². The molecule has 21 heavy (non-hydrogen) atoms. The molecule has 0 aliphatic heterocycles. The number of likely N-dealkylation sites (N-methyl/N-ethyl adjacent to an activating group) is 4. The summed E-state index contributed by atoms with van der Waals surface area (Å²) in [6, 6.07) is 0.